The first-order valence-corrected chi connectivity index (χ1v) is 12.2. The van der Waals surface area contributed by atoms with Gasteiger partial charge in [-0.05, 0) is 56.2 Å². The molecule has 184 valence electrons. The van der Waals surface area contributed by atoms with E-state index in [1.54, 1.807) is 19.2 Å². The molecule has 0 spiro atoms. The molecule has 8 heteroatoms. The largest absolute Gasteiger partial charge is 0.487 e. The van der Waals surface area contributed by atoms with Crippen LogP contribution in [-0.4, -0.2) is 42.2 Å². The van der Waals surface area contributed by atoms with E-state index in [9.17, 15) is 9.18 Å². The van der Waals surface area contributed by atoms with E-state index in [1.807, 2.05) is 11.8 Å². The summed E-state index contributed by atoms with van der Waals surface area (Å²) in [5.74, 6) is 6.58. The lowest BCUT2D eigenvalue weighted by Crippen LogP contribution is -2.47. The number of hydrogen-bond donors (Lipinski definition) is 2. The summed E-state index contributed by atoms with van der Waals surface area (Å²) in [7, 11) is 1.54. The topological polar surface area (TPSA) is 84.8 Å². The molecule has 1 saturated carbocycles. The number of fused-ring (bicyclic) bond motifs is 1. The van der Waals surface area contributed by atoms with Crippen molar-refractivity contribution >= 4 is 17.5 Å². The minimum atomic E-state index is -1.33. The van der Waals surface area contributed by atoms with Gasteiger partial charge in [0.05, 0.1) is 17.4 Å². The van der Waals surface area contributed by atoms with Crippen LogP contribution in [0.3, 0.4) is 0 Å². The van der Waals surface area contributed by atoms with Crippen LogP contribution in [0.4, 0.5) is 4.39 Å². The predicted octanol–water partition coefficient (Wildman–Crippen LogP) is 4.71. The number of nitrogens with two attached hydrogens (primary N) is 2. The summed E-state index contributed by atoms with van der Waals surface area (Å²) in [6.07, 6.45) is 3.61. The standard InChI is InChI=1S/C25H38ClFN4O2/c1-15(27)23(30(5)29)20(28)14-33-21-10-9-19(26)17-11-13-31(16(2)22(17)21)24(32)18-8-6-7-12-25(18,3)4/h9-10,15-16,18H,6-8,11-14,28-29H2,1-5H3/b23-20-. The fourth-order valence-corrected chi connectivity index (χ4v) is 5.74. The fourth-order valence-electron chi connectivity index (χ4n) is 5.48. The van der Waals surface area contributed by atoms with E-state index < -0.39 is 6.17 Å². The van der Waals surface area contributed by atoms with Crippen molar-refractivity contribution in [2.45, 2.75) is 72.0 Å². The molecule has 2 aliphatic rings. The molecule has 33 heavy (non-hydrogen) atoms. The molecule has 1 aliphatic heterocycles. The molecule has 0 radical (unpaired) electrons. The Hall–Kier alpha value is -1.99. The maximum atomic E-state index is 14.0. The number of halogens is 2. The number of ether oxygens (including phenoxy) is 1. The van der Waals surface area contributed by atoms with Crippen LogP contribution in [0.5, 0.6) is 5.75 Å². The molecule has 0 bridgehead atoms. The monoisotopic (exact) mass is 480 g/mol. The summed E-state index contributed by atoms with van der Waals surface area (Å²) < 4.78 is 20.0. The third kappa shape index (κ3) is 5.24. The van der Waals surface area contributed by atoms with Gasteiger partial charge in [0.15, 0.2) is 0 Å². The third-order valence-corrected chi connectivity index (χ3v) is 7.66. The summed E-state index contributed by atoms with van der Waals surface area (Å²) in [5, 5.41) is 1.84. The number of carbonyl (C=O) groups is 1. The molecular formula is C25H38ClFN4O2. The van der Waals surface area contributed by atoms with Crippen molar-refractivity contribution in [2.24, 2.45) is 22.9 Å². The van der Waals surface area contributed by atoms with E-state index in [2.05, 4.69) is 13.8 Å². The first kappa shape index (κ1) is 25.6. The average molecular weight is 481 g/mol. The van der Waals surface area contributed by atoms with Crippen LogP contribution in [-0.2, 0) is 11.2 Å². The van der Waals surface area contributed by atoms with Crippen LogP contribution < -0.4 is 16.3 Å². The average Bonchev–Trinajstić information content (AvgIpc) is 2.72. The van der Waals surface area contributed by atoms with Crippen molar-refractivity contribution in [2.75, 3.05) is 20.2 Å². The molecular weight excluding hydrogens is 443 g/mol. The maximum absolute atomic E-state index is 14.0. The zero-order chi connectivity index (χ0) is 24.5. The second-order valence-electron chi connectivity index (χ2n) is 10.1. The Morgan fingerprint density at radius 2 is 2.09 bits per heavy atom. The highest BCUT2D eigenvalue weighted by Crippen LogP contribution is 2.45. The van der Waals surface area contributed by atoms with Gasteiger partial charge in [-0.3, -0.25) is 4.79 Å². The summed E-state index contributed by atoms with van der Waals surface area (Å²) >= 11 is 6.53. The third-order valence-electron chi connectivity index (χ3n) is 7.31. The van der Waals surface area contributed by atoms with Gasteiger partial charge in [-0.25, -0.2) is 10.2 Å². The van der Waals surface area contributed by atoms with Crippen molar-refractivity contribution in [3.8, 4) is 5.75 Å². The molecule has 3 atom stereocenters. The number of amides is 1. The van der Waals surface area contributed by atoms with Crippen molar-refractivity contribution in [3.63, 3.8) is 0 Å². The molecule has 1 aliphatic carbocycles. The molecule has 0 saturated heterocycles. The van der Waals surface area contributed by atoms with Gasteiger partial charge in [0.25, 0.3) is 0 Å². The smallest absolute Gasteiger partial charge is 0.226 e. The second-order valence-corrected chi connectivity index (χ2v) is 10.5. The van der Waals surface area contributed by atoms with Gasteiger partial charge in [-0.15, -0.1) is 0 Å². The summed E-state index contributed by atoms with van der Waals surface area (Å²) in [5.41, 5.74) is 8.41. The van der Waals surface area contributed by atoms with Gasteiger partial charge in [0.2, 0.25) is 5.91 Å². The summed E-state index contributed by atoms with van der Waals surface area (Å²) in [4.78, 5) is 15.6. The fraction of sp³-hybridized carbons (Fsp3) is 0.640. The maximum Gasteiger partial charge on any atom is 0.226 e. The van der Waals surface area contributed by atoms with Crippen molar-refractivity contribution in [3.05, 3.63) is 39.7 Å². The zero-order valence-electron chi connectivity index (χ0n) is 20.5. The second kappa shape index (κ2) is 10.1. The lowest BCUT2D eigenvalue weighted by Gasteiger charge is -2.44. The van der Waals surface area contributed by atoms with E-state index in [-0.39, 0.29) is 41.3 Å². The number of nitrogens with zero attached hydrogens (tertiary/aromatic N) is 2. The lowest BCUT2D eigenvalue weighted by molar-refractivity contribution is -0.143. The van der Waals surface area contributed by atoms with E-state index >= 15 is 0 Å². The molecule has 6 nitrogen and oxygen atoms in total. The van der Waals surface area contributed by atoms with Crippen molar-refractivity contribution in [1.29, 1.82) is 0 Å². The molecule has 1 aromatic rings. The summed E-state index contributed by atoms with van der Waals surface area (Å²) in [6.45, 7) is 8.43. The minimum absolute atomic E-state index is 0.00402. The van der Waals surface area contributed by atoms with Crippen LogP contribution in [0.1, 0.15) is 70.5 Å². The summed E-state index contributed by atoms with van der Waals surface area (Å²) in [6, 6.07) is 3.42. The van der Waals surface area contributed by atoms with Crippen LogP contribution in [0.15, 0.2) is 23.5 Å². The Kier molecular flexibility index (Phi) is 7.84. The van der Waals surface area contributed by atoms with Gasteiger partial charge in [-0.1, -0.05) is 38.3 Å². The molecule has 3 rings (SSSR count). The Bertz CT molecular complexity index is 906. The highest BCUT2D eigenvalue weighted by atomic mass is 35.5. The molecule has 1 amide bonds. The minimum Gasteiger partial charge on any atom is -0.487 e. The first-order chi connectivity index (χ1) is 15.5. The Labute approximate surface area is 202 Å². The highest BCUT2D eigenvalue weighted by molar-refractivity contribution is 6.31. The number of hydrazine groups is 1. The van der Waals surface area contributed by atoms with Crippen molar-refractivity contribution in [1.82, 2.24) is 9.91 Å². The van der Waals surface area contributed by atoms with E-state index in [4.69, 9.17) is 27.9 Å². The zero-order valence-corrected chi connectivity index (χ0v) is 21.2. The Morgan fingerprint density at radius 3 is 2.70 bits per heavy atom. The van der Waals surface area contributed by atoms with Gasteiger partial charge >= 0.3 is 0 Å². The number of hydrogen-bond acceptors (Lipinski definition) is 5. The molecule has 1 heterocycles. The normalized spacial score (nSPS) is 23.9. The Morgan fingerprint density at radius 1 is 1.39 bits per heavy atom. The number of benzene rings is 1. The molecule has 1 aromatic carbocycles. The van der Waals surface area contributed by atoms with Crippen LogP contribution >= 0.6 is 11.6 Å². The number of rotatable bonds is 6. The van der Waals surface area contributed by atoms with E-state index in [0.717, 1.165) is 30.4 Å². The van der Waals surface area contributed by atoms with Crippen LogP contribution in [0, 0.1) is 11.3 Å². The SMILES string of the molecule is CC(F)/C(=C(/N)COc1ccc(Cl)c2c1C(C)N(C(=O)C1CCCCC1(C)C)CC2)N(C)N. The lowest BCUT2D eigenvalue weighted by atomic mass is 9.68. The number of carbonyl (C=O) groups excluding carboxylic acids is 1. The van der Waals surface area contributed by atoms with Gasteiger partial charge < -0.3 is 20.4 Å². The molecule has 3 unspecified atom stereocenters. The molecule has 0 aromatic heterocycles. The van der Waals surface area contributed by atoms with Gasteiger partial charge in [0, 0.05) is 30.1 Å². The molecule has 1 fully saturated rings. The predicted molar refractivity (Wildman–Crippen MR) is 130 cm³/mol. The van der Waals surface area contributed by atoms with Gasteiger partial charge in [-0.2, -0.15) is 0 Å². The molecule has 4 N–H and O–H groups in total. The quantitative estimate of drug-likeness (QED) is 0.454. The first-order valence-electron chi connectivity index (χ1n) is 11.8. The number of alkyl halides is 1. The van der Waals surface area contributed by atoms with E-state index in [0.29, 0.717) is 23.7 Å². The van der Waals surface area contributed by atoms with E-state index in [1.165, 1.54) is 18.4 Å². The van der Waals surface area contributed by atoms with Gasteiger partial charge in [0.1, 0.15) is 18.5 Å². The highest BCUT2D eigenvalue weighted by Gasteiger charge is 2.42. The van der Waals surface area contributed by atoms with Crippen LogP contribution in [0.2, 0.25) is 5.02 Å². The number of allylic oxidation sites excluding steroid dienone is 1. The Balaban J connectivity index is 1.89. The van der Waals surface area contributed by atoms with Crippen molar-refractivity contribution < 1.29 is 13.9 Å². The van der Waals surface area contributed by atoms with Crippen LogP contribution in [0.25, 0.3) is 0 Å².